The van der Waals surface area contributed by atoms with Crippen molar-refractivity contribution in [3.63, 3.8) is 0 Å². The lowest BCUT2D eigenvalue weighted by atomic mass is 10.2. The molecule has 3 aromatic rings. The second-order valence-corrected chi connectivity index (χ2v) is 4.17. The zero-order valence-corrected chi connectivity index (χ0v) is 10.8. The smallest absolute Gasteiger partial charge is 0.322 e. The summed E-state index contributed by atoms with van der Waals surface area (Å²) >= 11 is 0. The molecule has 0 unspecified atom stereocenters. The molecule has 0 aliphatic rings. The van der Waals surface area contributed by atoms with Crippen LogP contribution in [0, 0.1) is 13.8 Å². The van der Waals surface area contributed by atoms with Gasteiger partial charge >= 0.3 is 6.01 Å². The van der Waals surface area contributed by atoms with Gasteiger partial charge in [0.15, 0.2) is 5.76 Å². The number of nitrogens with one attached hydrogen (secondary N) is 1. The van der Waals surface area contributed by atoms with Gasteiger partial charge in [-0.1, -0.05) is 5.10 Å². The fraction of sp³-hybridized carbons (Fsp3) is 0.154. The van der Waals surface area contributed by atoms with Crippen molar-refractivity contribution in [1.29, 1.82) is 0 Å². The highest BCUT2D eigenvalue weighted by Crippen LogP contribution is 2.21. The summed E-state index contributed by atoms with van der Waals surface area (Å²) in [4.78, 5) is 12.0. The first-order valence-electron chi connectivity index (χ1n) is 5.89. The zero-order chi connectivity index (χ0) is 14.1. The minimum absolute atomic E-state index is 0.000321. The van der Waals surface area contributed by atoms with E-state index >= 15 is 0 Å². The Bertz CT molecular complexity index is 740. The summed E-state index contributed by atoms with van der Waals surface area (Å²) in [6, 6.07) is 5.03. The van der Waals surface area contributed by atoms with Gasteiger partial charge in [0.1, 0.15) is 11.5 Å². The van der Waals surface area contributed by atoms with Crippen LogP contribution in [0.15, 0.2) is 37.7 Å². The van der Waals surface area contributed by atoms with Crippen LogP contribution in [0.5, 0.6) is 0 Å². The molecule has 0 saturated heterocycles. The monoisotopic (exact) mass is 273 g/mol. The Balaban J connectivity index is 1.78. The van der Waals surface area contributed by atoms with Crippen molar-refractivity contribution in [3.05, 3.63) is 41.5 Å². The Kier molecular flexibility index (Phi) is 2.86. The highest BCUT2D eigenvalue weighted by molar-refractivity contribution is 6.03. The highest BCUT2D eigenvalue weighted by Gasteiger charge is 2.17. The van der Waals surface area contributed by atoms with Crippen LogP contribution in [0.25, 0.3) is 11.7 Å². The third-order valence-electron chi connectivity index (χ3n) is 2.66. The maximum absolute atomic E-state index is 12.0. The molecule has 0 radical (unpaired) electrons. The first-order chi connectivity index (χ1) is 9.63. The predicted molar refractivity (Wildman–Crippen MR) is 68.1 cm³/mol. The quantitative estimate of drug-likeness (QED) is 0.788. The molecule has 3 aromatic heterocycles. The van der Waals surface area contributed by atoms with Gasteiger partial charge in [0.05, 0.1) is 11.8 Å². The van der Waals surface area contributed by atoms with E-state index in [1.54, 1.807) is 32.0 Å². The van der Waals surface area contributed by atoms with Gasteiger partial charge in [0.2, 0.25) is 0 Å². The van der Waals surface area contributed by atoms with Crippen LogP contribution in [0.2, 0.25) is 0 Å². The van der Waals surface area contributed by atoms with E-state index in [-0.39, 0.29) is 17.8 Å². The van der Waals surface area contributed by atoms with E-state index in [9.17, 15) is 4.79 Å². The second kappa shape index (κ2) is 4.69. The third kappa shape index (κ3) is 2.20. The minimum Gasteiger partial charge on any atom is -0.466 e. The van der Waals surface area contributed by atoms with E-state index in [2.05, 4.69) is 15.5 Å². The van der Waals surface area contributed by atoms with E-state index in [4.69, 9.17) is 13.3 Å². The van der Waals surface area contributed by atoms with Crippen molar-refractivity contribution in [2.24, 2.45) is 0 Å². The molecule has 3 heterocycles. The van der Waals surface area contributed by atoms with Gasteiger partial charge in [0.25, 0.3) is 11.8 Å². The molecule has 0 aliphatic carbocycles. The van der Waals surface area contributed by atoms with Crippen LogP contribution in [-0.2, 0) is 0 Å². The molecular formula is C13H11N3O4. The average Bonchev–Trinajstić information content (AvgIpc) is 3.09. The van der Waals surface area contributed by atoms with Crippen LogP contribution in [0.4, 0.5) is 6.01 Å². The summed E-state index contributed by atoms with van der Waals surface area (Å²) < 4.78 is 15.7. The number of amides is 1. The van der Waals surface area contributed by atoms with Gasteiger partial charge in [-0.05, 0) is 32.0 Å². The highest BCUT2D eigenvalue weighted by atomic mass is 16.4. The summed E-state index contributed by atoms with van der Waals surface area (Å²) in [5.74, 6) is 1.47. The molecule has 7 nitrogen and oxygen atoms in total. The summed E-state index contributed by atoms with van der Waals surface area (Å²) in [7, 11) is 0. The van der Waals surface area contributed by atoms with E-state index in [1.165, 1.54) is 6.26 Å². The van der Waals surface area contributed by atoms with Gasteiger partial charge in [-0.25, -0.2) is 0 Å². The lowest BCUT2D eigenvalue weighted by molar-refractivity contribution is 0.102. The number of rotatable bonds is 3. The number of aromatic nitrogens is 2. The molecule has 0 saturated carbocycles. The maximum Gasteiger partial charge on any atom is 0.322 e. The average molecular weight is 273 g/mol. The minimum atomic E-state index is -0.367. The fourth-order valence-corrected chi connectivity index (χ4v) is 1.79. The Labute approximate surface area is 113 Å². The van der Waals surface area contributed by atoms with E-state index in [0.29, 0.717) is 22.8 Å². The predicted octanol–water partition coefficient (Wildman–Crippen LogP) is 2.79. The van der Waals surface area contributed by atoms with Crippen molar-refractivity contribution in [1.82, 2.24) is 10.2 Å². The molecule has 0 aliphatic heterocycles. The number of carbonyl (C=O) groups is 1. The third-order valence-corrected chi connectivity index (χ3v) is 2.66. The summed E-state index contributed by atoms with van der Waals surface area (Å²) in [5.41, 5.74) is 0.431. The largest absolute Gasteiger partial charge is 0.466 e. The Morgan fingerprint density at radius 2 is 2.10 bits per heavy atom. The SMILES string of the molecule is Cc1cc(C(=O)Nc2nnc(-c3ccco3)o2)c(C)o1. The lowest BCUT2D eigenvalue weighted by Crippen LogP contribution is -2.12. The van der Waals surface area contributed by atoms with E-state index < -0.39 is 0 Å². The van der Waals surface area contributed by atoms with Crippen LogP contribution in [0.1, 0.15) is 21.9 Å². The molecule has 0 atom stereocenters. The molecule has 0 fully saturated rings. The Morgan fingerprint density at radius 3 is 2.75 bits per heavy atom. The fourth-order valence-electron chi connectivity index (χ4n) is 1.79. The number of aryl methyl sites for hydroxylation is 2. The van der Waals surface area contributed by atoms with E-state index in [1.807, 2.05) is 0 Å². The van der Waals surface area contributed by atoms with Crippen molar-refractivity contribution in [3.8, 4) is 11.7 Å². The zero-order valence-electron chi connectivity index (χ0n) is 10.8. The first-order valence-corrected chi connectivity index (χ1v) is 5.89. The lowest BCUT2D eigenvalue weighted by Gasteiger charge is -1.97. The van der Waals surface area contributed by atoms with Crippen LogP contribution in [0.3, 0.4) is 0 Å². The number of furan rings is 2. The molecule has 1 amide bonds. The molecule has 3 rings (SSSR count). The number of hydrogen-bond donors (Lipinski definition) is 1. The molecule has 1 N–H and O–H groups in total. The first kappa shape index (κ1) is 12.2. The Morgan fingerprint density at radius 1 is 1.25 bits per heavy atom. The molecule has 7 heteroatoms. The number of hydrogen-bond acceptors (Lipinski definition) is 6. The van der Waals surface area contributed by atoms with Crippen LogP contribution in [-0.4, -0.2) is 16.1 Å². The normalized spacial score (nSPS) is 10.7. The van der Waals surface area contributed by atoms with E-state index in [0.717, 1.165) is 0 Å². The Hall–Kier alpha value is -2.83. The van der Waals surface area contributed by atoms with Crippen molar-refractivity contribution in [2.45, 2.75) is 13.8 Å². The van der Waals surface area contributed by atoms with Gasteiger partial charge in [-0.15, -0.1) is 5.10 Å². The number of anilines is 1. The molecular weight excluding hydrogens is 262 g/mol. The molecule has 20 heavy (non-hydrogen) atoms. The van der Waals surface area contributed by atoms with Gasteiger partial charge < -0.3 is 13.3 Å². The maximum atomic E-state index is 12.0. The summed E-state index contributed by atoms with van der Waals surface area (Å²) in [6.45, 7) is 3.48. The molecule has 0 bridgehead atoms. The van der Waals surface area contributed by atoms with Crippen molar-refractivity contribution >= 4 is 11.9 Å². The van der Waals surface area contributed by atoms with Crippen LogP contribution >= 0.6 is 0 Å². The molecule has 0 spiro atoms. The summed E-state index contributed by atoms with van der Waals surface area (Å²) in [5, 5.41) is 10.0. The van der Waals surface area contributed by atoms with Gasteiger partial charge in [-0.3, -0.25) is 10.1 Å². The summed E-state index contributed by atoms with van der Waals surface area (Å²) in [6.07, 6.45) is 1.50. The van der Waals surface area contributed by atoms with Gasteiger partial charge in [-0.2, -0.15) is 0 Å². The number of carbonyl (C=O) groups excluding carboxylic acids is 1. The van der Waals surface area contributed by atoms with Gasteiger partial charge in [0, 0.05) is 0 Å². The molecule has 0 aromatic carbocycles. The standard InChI is InChI=1S/C13H11N3O4/c1-7-6-9(8(2)19-7)11(17)14-13-16-15-12(20-13)10-4-3-5-18-10/h3-6H,1-2H3,(H,14,16,17). The topological polar surface area (TPSA) is 94.3 Å². The van der Waals surface area contributed by atoms with Crippen LogP contribution < -0.4 is 5.32 Å². The second-order valence-electron chi connectivity index (χ2n) is 4.17. The number of nitrogens with zero attached hydrogens (tertiary/aromatic N) is 2. The molecule has 102 valence electrons. The van der Waals surface area contributed by atoms with Crippen molar-refractivity contribution in [2.75, 3.05) is 5.32 Å². The van der Waals surface area contributed by atoms with Crippen molar-refractivity contribution < 1.29 is 18.0 Å².